The summed E-state index contributed by atoms with van der Waals surface area (Å²) in [6.07, 6.45) is 3.95. The van der Waals surface area contributed by atoms with Gasteiger partial charge in [-0.3, -0.25) is 4.90 Å². The molecule has 0 bridgehead atoms. The average Bonchev–Trinajstić information content (AvgIpc) is 2.16. The Kier molecular flexibility index (Phi) is 5.58. The first-order chi connectivity index (χ1) is 7.14. The lowest BCUT2D eigenvalue weighted by Gasteiger charge is -2.38. The van der Waals surface area contributed by atoms with Crippen LogP contribution in [0.15, 0.2) is 0 Å². The molecule has 90 valence electrons. The van der Waals surface area contributed by atoms with Crippen LogP contribution in [-0.4, -0.2) is 50.3 Å². The molecule has 0 saturated carbocycles. The smallest absolute Gasteiger partial charge is 0.0753 e. The second kappa shape index (κ2) is 6.46. The molecule has 0 spiro atoms. The fraction of sp³-hybridized carbons (Fsp3) is 1.00. The van der Waals surface area contributed by atoms with E-state index in [0.717, 1.165) is 26.2 Å². The lowest BCUT2D eigenvalue weighted by molar-refractivity contribution is -0.0861. The largest absolute Gasteiger partial charge is 0.373 e. The fourth-order valence-corrected chi connectivity index (χ4v) is 2.12. The highest BCUT2D eigenvalue weighted by Gasteiger charge is 2.26. The zero-order valence-corrected chi connectivity index (χ0v) is 10.5. The molecule has 0 aromatic heterocycles. The predicted molar refractivity (Wildman–Crippen MR) is 64.2 cm³/mol. The normalized spacial score (nSPS) is 21.8. The van der Waals surface area contributed by atoms with E-state index in [1.165, 1.54) is 25.8 Å². The molecule has 0 atom stereocenters. The third-order valence-electron chi connectivity index (χ3n) is 2.91. The van der Waals surface area contributed by atoms with Crippen molar-refractivity contribution in [1.82, 2.24) is 10.2 Å². The molecule has 1 N–H and O–H groups in total. The Labute approximate surface area is 94.2 Å². The minimum atomic E-state index is 0.0588. The maximum Gasteiger partial charge on any atom is 0.0753 e. The van der Waals surface area contributed by atoms with Gasteiger partial charge in [0.2, 0.25) is 0 Å². The number of nitrogens with one attached hydrogen (secondary N) is 1. The van der Waals surface area contributed by atoms with Crippen molar-refractivity contribution in [2.24, 2.45) is 0 Å². The summed E-state index contributed by atoms with van der Waals surface area (Å²) in [5.74, 6) is 0. The Hall–Kier alpha value is -0.120. The van der Waals surface area contributed by atoms with Crippen molar-refractivity contribution in [3.8, 4) is 0 Å². The van der Waals surface area contributed by atoms with Crippen LogP contribution in [0.25, 0.3) is 0 Å². The predicted octanol–water partition coefficient (Wildman–Crippen LogP) is 1.49. The van der Waals surface area contributed by atoms with Crippen molar-refractivity contribution in [2.45, 2.75) is 38.7 Å². The lowest BCUT2D eigenvalue weighted by Crippen LogP contribution is -2.48. The van der Waals surface area contributed by atoms with Gasteiger partial charge < -0.3 is 10.1 Å². The first-order valence-corrected chi connectivity index (χ1v) is 6.15. The standard InChI is InChI=1S/C12H26N2O/c1-12(2)11-14(9-10-15-12)8-6-4-5-7-13-3/h13H,4-11H2,1-3H3. The zero-order valence-electron chi connectivity index (χ0n) is 10.5. The van der Waals surface area contributed by atoms with Crippen molar-refractivity contribution >= 4 is 0 Å². The Balaban J connectivity index is 2.05. The Morgan fingerprint density at radius 2 is 2.07 bits per heavy atom. The molecule has 1 rings (SSSR count). The summed E-state index contributed by atoms with van der Waals surface area (Å²) >= 11 is 0. The minimum absolute atomic E-state index is 0.0588. The SMILES string of the molecule is CNCCCCCN1CCOC(C)(C)C1. The number of unbranched alkanes of at least 4 members (excludes halogenated alkanes) is 2. The van der Waals surface area contributed by atoms with E-state index in [0.29, 0.717) is 0 Å². The van der Waals surface area contributed by atoms with Gasteiger partial charge in [-0.25, -0.2) is 0 Å². The fourth-order valence-electron chi connectivity index (χ4n) is 2.12. The molecular formula is C12H26N2O. The van der Waals surface area contributed by atoms with E-state index >= 15 is 0 Å². The van der Waals surface area contributed by atoms with E-state index in [1.807, 2.05) is 7.05 Å². The van der Waals surface area contributed by atoms with Crippen molar-refractivity contribution in [3.63, 3.8) is 0 Å². The van der Waals surface area contributed by atoms with Crippen LogP contribution in [0, 0.1) is 0 Å². The van der Waals surface area contributed by atoms with Crippen LogP contribution in [0.3, 0.4) is 0 Å². The highest BCUT2D eigenvalue weighted by molar-refractivity contribution is 4.78. The maximum absolute atomic E-state index is 5.69. The molecule has 0 amide bonds. The van der Waals surface area contributed by atoms with Crippen LogP contribution >= 0.6 is 0 Å². The van der Waals surface area contributed by atoms with Gasteiger partial charge in [0.1, 0.15) is 0 Å². The average molecular weight is 214 g/mol. The molecule has 3 nitrogen and oxygen atoms in total. The summed E-state index contributed by atoms with van der Waals surface area (Å²) in [6, 6.07) is 0. The molecular weight excluding hydrogens is 188 g/mol. The number of nitrogens with zero attached hydrogens (tertiary/aromatic N) is 1. The van der Waals surface area contributed by atoms with Crippen molar-refractivity contribution < 1.29 is 4.74 Å². The van der Waals surface area contributed by atoms with E-state index < -0.39 is 0 Å². The van der Waals surface area contributed by atoms with Gasteiger partial charge in [-0.1, -0.05) is 6.42 Å². The quantitative estimate of drug-likeness (QED) is 0.678. The van der Waals surface area contributed by atoms with Crippen LogP contribution < -0.4 is 5.32 Å². The summed E-state index contributed by atoms with van der Waals surface area (Å²) in [5.41, 5.74) is 0.0588. The van der Waals surface area contributed by atoms with E-state index in [1.54, 1.807) is 0 Å². The molecule has 0 aliphatic carbocycles. The summed E-state index contributed by atoms with van der Waals surface area (Å²) in [4.78, 5) is 2.53. The molecule has 1 heterocycles. The van der Waals surface area contributed by atoms with E-state index in [-0.39, 0.29) is 5.60 Å². The Morgan fingerprint density at radius 3 is 2.73 bits per heavy atom. The molecule has 1 aliphatic rings. The molecule has 15 heavy (non-hydrogen) atoms. The number of rotatable bonds is 6. The molecule has 1 aliphatic heterocycles. The number of hydrogen-bond acceptors (Lipinski definition) is 3. The van der Waals surface area contributed by atoms with E-state index in [9.17, 15) is 0 Å². The second-order valence-corrected chi connectivity index (χ2v) is 5.05. The van der Waals surface area contributed by atoms with E-state index in [2.05, 4.69) is 24.1 Å². The molecule has 3 heteroatoms. The topological polar surface area (TPSA) is 24.5 Å². The molecule has 0 radical (unpaired) electrons. The minimum Gasteiger partial charge on any atom is -0.373 e. The van der Waals surface area contributed by atoms with Crippen molar-refractivity contribution in [3.05, 3.63) is 0 Å². The van der Waals surface area contributed by atoms with E-state index in [4.69, 9.17) is 4.74 Å². The Bertz CT molecular complexity index is 171. The highest BCUT2D eigenvalue weighted by Crippen LogP contribution is 2.16. The molecule has 0 aromatic carbocycles. The zero-order chi connectivity index (χ0) is 11.1. The van der Waals surface area contributed by atoms with Gasteiger partial charge in [-0.05, 0) is 46.8 Å². The lowest BCUT2D eigenvalue weighted by atomic mass is 10.1. The summed E-state index contributed by atoms with van der Waals surface area (Å²) in [6.45, 7) is 9.82. The van der Waals surface area contributed by atoms with Gasteiger partial charge in [0.15, 0.2) is 0 Å². The highest BCUT2D eigenvalue weighted by atomic mass is 16.5. The number of ether oxygens (including phenoxy) is 1. The second-order valence-electron chi connectivity index (χ2n) is 5.05. The van der Waals surface area contributed by atoms with Crippen LogP contribution in [0.5, 0.6) is 0 Å². The van der Waals surface area contributed by atoms with Crippen LogP contribution in [0.4, 0.5) is 0 Å². The Morgan fingerprint density at radius 1 is 1.27 bits per heavy atom. The van der Waals surface area contributed by atoms with Crippen LogP contribution in [0.2, 0.25) is 0 Å². The first-order valence-electron chi connectivity index (χ1n) is 6.15. The molecule has 1 saturated heterocycles. The maximum atomic E-state index is 5.69. The van der Waals surface area contributed by atoms with Crippen LogP contribution in [0.1, 0.15) is 33.1 Å². The number of morpholine rings is 1. The first kappa shape index (κ1) is 12.9. The van der Waals surface area contributed by atoms with Gasteiger partial charge in [-0.15, -0.1) is 0 Å². The number of hydrogen-bond donors (Lipinski definition) is 1. The molecule has 0 unspecified atom stereocenters. The summed E-state index contributed by atoms with van der Waals surface area (Å²) in [5, 5.41) is 3.19. The summed E-state index contributed by atoms with van der Waals surface area (Å²) in [7, 11) is 2.02. The van der Waals surface area contributed by atoms with Crippen molar-refractivity contribution in [2.75, 3.05) is 39.8 Å². The van der Waals surface area contributed by atoms with Gasteiger partial charge in [0.25, 0.3) is 0 Å². The van der Waals surface area contributed by atoms with Crippen LogP contribution in [-0.2, 0) is 4.74 Å². The molecule has 1 fully saturated rings. The van der Waals surface area contributed by atoms with Gasteiger partial charge in [-0.2, -0.15) is 0 Å². The third-order valence-corrected chi connectivity index (χ3v) is 2.91. The van der Waals surface area contributed by atoms with Gasteiger partial charge in [0, 0.05) is 13.1 Å². The molecule has 0 aromatic rings. The van der Waals surface area contributed by atoms with Gasteiger partial charge in [0.05, 0.1) is 12.2 Å². The third kappa shape index (κ3) is 5.50. The van der Waals surface area contributed by atoms with Crippen molar-refractivity contribution in [1.29, 1.82) is 0 Å². The van der Waals surface area contributed by atoms with Gasteiger partial charge >= 0.3 is 0 Å². The monoisotopic (exact) mass is 214 g/mol. The summed E-state index contributed by atoms with van der Waals surface area (Å²) < 4.78 is 5.69.